The summed E-state index contributed by atoms with van der Waals surface area (Å²) in [4.78, 5) is 136. The van der Waals surface area contributed by atoms with E-state index in [1.807, 2.05) is 0 Å². The molecule has 22 nitrogen and oxygen atoms in total. The van der Waals surface area contributed by atoms with Crippen LogP contribution in [-0.2, 0) is 52.7 Å². The summed E-state index contributed by atoms with van der Waals surface area (Å²) in [5.41, 5.74) is 10.6. The molecule has 22 heteroatoms. The van der Waals surface area contributed by atoms with Crippen molar-refractivity contribution in [2.75, 3.05) is 39.3 Å². The number of hydrogen-bond donors (Lipinski definition) is 11. The average molecular weight is 750 g/mol. The number of nitrogens with two attached hydrogens (primary N) is 2. The van der Waals surface area contributed by atoms with Gasteiger partial charge in [-0.25, -0.2) is 0 Å². The molecule has 0 aromatic heterocycles. The van der Waals surface area contributed by atoms with E-state index in [4.69, 9.17) is 11.5 Å². The van der Waals surface area contributed by atoms with Gasteiger partial charge in [-0.2, -0.15) is 0 Å². The first-order chi connectivity index (χ1) is 25.0. The molecule has 0 radical (unpaired) electrons. The van der Waals surface area contributed by atoms with Gasteiger partial charge in [-0.3, -0.25) is 52.7 Å². The smallest absolute Gasteiger partial charge is 0.247 e. The summed E-state index contributed by atoms with van der Waals surface area (Å²) in [6.07, 6.45) is 0.944. The van der Waals surface area contributed by atoms with Crippen LogP contribution in [0.2, 0.25) is 0 Å². The number of carbonyl (C=O) groups excluding carboxylic acids is 11. The molecule has 13 N–H and O–H groups in total. The number of hydrogen-bond acceptors (Lipinski definition) is 11. The molecule has 11 amide bonds. The molecule has 1 fully saturated rings. The standard InChI is InChI=1S/C31H47N11O11/c1-3-15(2)27-31(53)39-14-25(48)40-19(9-20(32)43)30(52)41-18(4-5-22(45)36-11-23(46)37-13-26(49)42-27)29(51)34-7-6-16-8-17(16)28(50)38-12-24(47)35-10-21(33)44/h8,15-16,18-19,27H,3-7,9-14H2,1-2H3,(H2,32,43)(H2,33,44)(H,34,51)(H,35,47)(H,36,45)(H,37,46)(H,38,50)(H,39,53)(H,40,48)(H,41,52)(H,42,49). The largest absolute Gasteiger partial charge is 0.370 e. The van der Waals surface area contributed by atoms with E-state index in [9.17, 15) is 52.7 Å². The van der Waals surface area contributed by atoms with Gasteiger partial charge < -0.3 is 59.3 Å². The van der Waals surface area contributed by atoms with Crippen molar-refractivity contribution < 1.29 is 52.7 Å². The van der Waals surface area contributed by atoms with E-state index < -0.39 is 122 Å². The van der Waals surface area contributed by atoms with Crippen molar-refractivity contribution in [1.29, 1.82) is 0 Å². The van der Waals surface area contributed by atoms with Crippen LogP contribution in [0.5, 0.6) is 0 Å². The highest BCUT2D eigenvalue weighted by molar-refractivity contribution is 6.00. The second kappa shape index (κ2) is 21.3. The molecular formula is C31H47N11O11. The third-order valence-electron chi connectivity index (χ3n) is 8.03. The number of allylic oxidation sites excluding steroid dienone is 1. The fraction of sp³-hybridized carbons (Fsp3) is 0.581. The maximum absolute atomic E-state index is 13.3. The second-order valence-corrected chi connectivity index (χ2v) is 12.3. The van der Waals surface area contributed by atoms with Crippen molar-refractivity contribution in [2.45, 2.75) is 64.1 Å². The van der Waals surface area contributed by atoms with Crippen molar-refractivity contribution in [3.8, 4) is 0 Å². The summed E-state index contributed by atoms with van der Waals surface area (Å²) >= 11 is 0. The molecule has 2 aliphatic rings. The van der Waals surface area contributed by atoms with E-state index in [1.54, 1.807) is 19.9 Å². The van der Waals surface area contributed by atoms with E-state index in [1.165, 1.54) is 0 Å². The van der Waals surface area contributed by atoms with Crippen LogP contribution < -0.4 is 59.3 Å². The Kier molecular flexibility index (Phi) is 17.3. The van der Waals surface area contributed by atoms with Crippen molar-refractivity contribution >= 4 is 65.0 Å². The van der Waals surface area contributed by atoms with Crippen LogP contribution in [0.1, 0.15) is 46.0 Å². The second-order valence-electron chi connectivity index (χ2n) is 12.3. The molecule has 5 atom stereocenters. The van der Waals surface area contributed by atoms with Crippen molar-refractivity contribution in [1.82, 2.24) is 47.9 Å². The van der Waals surface area contributed by atoms with Crippen LogP contribution in [0.3, 0.4) is 0 Å². The number of primary amides is 2. The minimum atomic E-state index is -1.59. The zero-order valence-electron chi connectivity index (χ0n) is 29.4. The summed E-state index contributed by atoms with van der Waals surface area (Å²) < 4.78 is 0. The van der Waals surface area contributed by atoms with Crippen LogP contribution in [0.15, 0.2) is 11.6 Å². The lowest BCUT2D eigenvalue weighted by Gasteiger charge is -2.25. The quantitative estimate of drug-likeness (QED) is 0.0841. The fourth-order valence-electron chi connectivity index (χ4n) is 4.82. The summed E-state index contributed by atoms with van der Waals surface area (Å²) in [5.74, 6) is -9.16. The Morgan fingerprint density at radius 1 is 0.774 bits per heavy atom. The van der Waals surface area contributed by atoms with Gasteiger partial charge in [-0.1, -0.05) is 26.3 Å². The van der Waals surface area contributed by atoms with Gasteiger partial charge in [0.2, 0.25) is 65.0 Å². The first-order valence-electron chi connectivity index (χ1n) is 16.8. The number of carbonyl (C=O) groups is 11. The normalized spacial score (nSPS) is 22.4. The summed E-state index contributed by atoms with van der Waals surface area (Å²) in [6.45, 7) is 0.958. The molecule has 5 unspecified atom stereocenters. The zero-order valence-corrected chi connectivity index (χ0v) is 29.4. The van der Waals surface area contributed by atoms with Crippen LogP contribution in [0, 0.1) is 11.8 Å². The summed E-state index contributed by atoms with van der Waals surface area (Å²) in [6, 6.07) is -4.08. The highest BCUT2D eigenvalue weighted by atomic mass is 16.2. The lowest BCUT2D eigenvalue weighted by Crippen LogP contribution is -2.57. The van der Waals surface area contributed by atoms with Crippen LogP contribution in [0.25, 0.3) is 0 Å². The summed E-state index contributed by atoms with van der Waals surface area (Å²) in [7, 11) is 0. The van der Waals surface area contributed by atoms with Crippen molar-refractivity contribution in [2.24, 2.45) is 23.3 Å². The van der Waals surface area contributed by atoms with Gasteiger partial charge >= 0.3 is 0 Å². The van der Waals surface area contributed by atoms with E-state index in [0.717, 1.165) is 0 Å². The number of rotatable bonds is 13. The Labute approximate surface area is 303 Å². The molecule has 1 saturated heterocycles. The van der Waals surface area contributed by atoms with Gasteiger partial charge in [-0.15, -0.1) is 0 Å². The first-order valence-corrected chi connectivity index (χ1v) is 16.8. The number of amides is 11. The molecule has 1 aliphatic heterocycles. The Balaban J connectivity index is 2.10. The molecule has 2 rings (SSSR count). The monoisotopic (exact) mass is 749 g/mol. The molecule has 0 aromatic rings. The van der Waals surface area contributed by atoms with Crippen LogP contribution in [-0.4, -0.2) is 122 Å². The highest BCUT2D eigenvalue weighted by Crippen LogP contribution is 2.31. The van der Waals surface area contributed by atoms with Gasteiger partial charge in [0.05, 0.1) is 39.1 Å². The molecular weight excluding hydrogens is 702 g/mol. The van der Waals surface area contributed by atoms with Gasteiger partial charge in [0, 0.05) is 24.5 Å². The SMILES string of the molecule is CCC(C)C1NC(=O)CNC(=O)CNC(=O)CCC(C(=O)NCCC2C=C2C(=O)NCC(=O)NCC(N)=O)NC(=O)C(CC(N)=O)NC(=O)CNC1=O. The fourth-order valence-corrected chi connectivity index (χ4v) is 4.82. The lowest BCUT2D eigenvalue weighted by molar-refractivity contribution is -0.134. The Morgan fingerprint density at radius 2 is 1.42 bits per heavy atom. The van der Waals surface area contributed by atoms with E-state index in [0.29, 0.717) is 12.0 Å². The predicted octanol–water partition coefficient (Wildman–Crippen LogP) is -6.72. The third-order valence-corrected chi connectivity index (χ3v) is 8.03. The minimum Gasteiger partial charge on any atom is -0.370 e. The van der Waals surface area contributed by atoms with Crippen molar-refractivity contribution in [3.05, 3.63) is 11.6 Å². The number of nitrogens with one attached hydrogen (secondary N) is 9. The van der Waals surface area contributed by atoms with Crippen LogP contribution >= 0.6 is 0 Å². The molecule has 292 valence electrons. The molecule has 0 bridgehead atoms. The third kappa shape index (κ3) is 16.2. The molecule has 0 saturated carbocycles. The van der Waals surface area contributed by atoms with Gasteiger partial charge in [0.15, 0.2) is 0 Å². The molecule has 0 aromatic carbocycles. The Hall–Kier alpha value is -6.09. The van der Waals surface area contributed by atoms with Gasteiger partial charge in [-0.05, 0) is 18.8 Å². The highest BCUT2D eigenvalue weighted by Gasteiger charge is 2.33. The van der Waals surface area contributed by atoms with Crippen molar-refractivity contribution in [3.63, 3.8) is 0 Å². The van der Waals surface area contributed by atoms with Gasteiger partial charge in [0.25, 0.3) is 0 Å². The van der Waals surface area contributed by atoms with Crippen LogP contribution in [0.4, 0.5) is 0 Å². The molecule has 0 spiro atoms. The molecule has 1 heterocycles. The summed E-state index contributed by atoms with van der Waals surface area (Å²) in [5, 5.41) is 21.4. The predicted molar refractivity (Wildman–Crippen MR) is 182 cm³/mol. The Bertz CT molecular complexity index is 1500. The zero-order chi connectivity index (χ0) is 39.7. The lowest BCUT2D eigenvalue weighted by atomic mass is 9.98. The first kappa shape index (κ1) is 43.1. The maximum atomic E-state index is 13.3. The average Bonchev–Trinajstić information content (AvgIpc) is 3.89. The minimum absolute atomic E-state index is 0.000976. The maximum Gasteiger partial charge on any atom is 0.247 e. The molecule has 1 aliphatic carbocycles. The topological polar surface area (TPSA) is 348 Å². The molecule has 53 heavy (non-hydrogen) atoms. The Morgan fingerprint density at radius 3 is 2.08 bits per heavy atom. The van der Waals surface area contributed by atoms with E-state index >= 15 is 0 Å². The van der Waals surface area contributed by atoms with Gasteiger partial charge in [0.1, 0.15) is 18.1 Å². The van der Waals surface area contributed by atoms with E-state index in [-0.39, 0.29) is 38.3 Å². The van der Waals surface area contributed by atoms with E-state index in [2.05, 4.69) is 47.9 Å².